The van der Waals surface area contributed by atoms with E-state index >= 15 is 0 Å². The highest BCUT2D eigenvalue weighted by Gasteiger charge is 2.34. The Labute approximate surface area is 218 Å². The molecule has 7 nitrogen and oxygen atoms in total. The summed E-state index contributed by atoms with van der Waals surface area (Å²) in [4.78, 5) is 13.5. The molecule has 0 radical (unpaired) electrons. The third-order valence-electron chi connectivity index (χ3n) is 6.90. The molecule has 8 heteroatoms. The molecule has 4 rings (SSSR count). The fourth-order valence-electron chi connectivity index (χ4n) is 4.81. The topological polar surface area (TPSA) is 116 Å². The van der Waals surface area contributed by atoms with Crippen LogP contribution in [0.2, 0.25) is 0 Å². The minimum absolute atomic E-state index is 0.0580. The van der Waals surface area contributed by atoms with Gasteiger partial charge >= 0.3 is 0 Å². The van der Waals surface area contributed by atoms with Crippen molar-refractivity contribution in [2.24, 2.45) is 5.92 Å². The first-order valence-corrected chi connectivity index (χ1v) is 14.1. The monoisotopic (exact) mass is 522 g/mol. The van der Waals surface area contributed by atoms with E-state index in [1.165, 1.54) is 0 Å². The zero-order valence-corrected chi connectivity index (χ0v) is 21.7. The lowest BCUT2D eigenvalue weighted by Crippen LogP contribution is -2.41. The number of carbonyl (C=O) groups excluding carboxylic acids is 1. The summed E-state index contributed by atoms with van der Waals surface area (Å²) in [7, 11) is -3.80. The molecule has 1 amide bonds. The fourth-order valence-corrected chi connectivity index (χ4v) is 5.88. The van der Waals surface area contributed by atoms with Gasteiger partial charge in [-0.05, 0) is 53.6 Å². The number of sulfonamides is 1. The third kappa shape index (κ3) is 6.84. The summed E-state index contributed by atoms with van der Waals surface area (Å²) < 4.78 is 27.9. The number of hydrogen-bond donors (Lipinski definition) is 4. The first-order valence-electron chi connectivity index (χ1n) is 12.6. The summed E-state index contributed by atoms with van der Waals surface area (Å²) >= 11 is 0. The Hall–Kier alpha value is -3.04. The number of carbonyl (C=O) groups is 1. The van der Waals surface area contributed by atoms with Gasteiger partial charge in [0.15, 0.2) is 0 Å². The molecular formula is C29H34N2O5S. The van der Waals surface area contributed by atoms with Gasteiger partial charge in [-0.1, -0.05) is 73.7 Å². The van der Waals surface area contributed by atoms with E-state index < -0.39 is 34.2 Å². The number of amides is 1. The number of hydrogen-bond acceptors (Lipinski definition) is 5. The lowest BCUT2D eigenvalue weighted by atomic mass is 9.92. The summed E-state index contributed by atoms with van der Waals surface area (Å²) in [5.41, 5.74) is 3.85. The molecule has 37 heavy (non-hydrogen) atoms. The van der Waals surface area contributed by atoms with Crippen molar-refractivity contribution in [3.05, 3.63) is 101 Å². The quantitative estimate of drug-likeness (QED) is 0.309. The molecule has 0 saturated heterocycles. The van der Waals surface area contributed by atoms with Gasteiger partial charge in [0, 0.05) is 18.9 Å². The maximum atomic E-state index is 13.4. The second-order valence-electron chi connectivity index (χ2n) is 9.58. The average Bonchev–Trinajstić information content (AvgIpc) is 3.22. The predicted octanol–water partition coefficient (Wildman–Crippen LogP) is 2.91. The Morgan fingerprint density at radius 1 is 0.973 bits per heavy atom. The summed E-state index contributed by atoms with van der Waals surface area (Å²) in [6.07, 6.45) is -0.101. The lowest BCUT2D eigenvalue weighted by molar-refractivity contribution is -0.127. The summed E-state index contributed by atoms with van der Waals surface area (Å²) in [6, 6.07) is 23.2. The van der Waals surface area contributed by atoms with E-state index in [0.29, 0.717) is 12.8 Å². The van der Waals surface area contributed by atoms with Crippen LogP contribution in [0.4, 0.5) is 0 Å². The number of aliphatic hydroxyl groups excluding tert-OH is 2. The van der Waals surface area contributed by atoms with E-state index in [1.807, 2.05) is 61.5 Å². The molecule has 0 bridgehead atoms. The van der Waals surface area contributed by atoms with Gasteiger partial charge in [-0.2, -0.15) is 0 Å². The second-order valence-corrected chi connectivity index (χ2v) is 11.3. The van der Waals surface area contributed by atoms with E-state index in [9.17, 15) is 23.4 Å². The maximum absolute atomic E-state index is 13.4. The highest BCUT2D eigenvalue weighted by atomic mass is 32.2. The zero-order chi connectivity index (χ0) is 26.4. The van der Waals surface area contributed by atoms with Crippen LogP contribution in [-0.2, 0) is 34.1 Å². The van der Waals surface area contributed by atoms with Crippen LogP contribution in [-0.4, -0.2) is 43.3 Å². The van der Waals surface area contributed by atoms with Gasteiger partial charge in [0.05, 0.1) is 23.1 Å². The highest BCUT2D eigenvalue weighted by Crippen LogP contribution is 2.32. The number of fused-ring (bicyclic) bond motifs is 1. The SMILES string of the molecule is CCc1ccc(S(=O)(=O)NCC(O)CC(Cc2ccccc2)C(=O)NC2c3ccccc3CC2O)cc1. The molecule has 1 aliphatic carbocycles. The van der Waals surface area contributed by atoms with Crippen molar-refractivity contribution in [3.8, 4) is 0 Å². The number of rotatable bonds is 11. The molecule has 0 fully saturated rings. The van der Waals surface area contributed by atoms with Crippen LogP contribution < -0.4 is 10.0 Å². The van der Waals surface area contributed by atoms with Crippen molar-refractivity contribution in [2.45, 2.75) is 55.8 Å². The minimum Gasteiger partial charge on any atom is -0.392 e. The molecule has 196 valence electrons. The summed E-state index contributed by atoms with van der Waals surface area (Å²) in [6.45, 7) is 1.78. The summed E-state index contributed by atoms with van der Waals surface area (Å²) in [5.74, 6) is -0.910. The van der Waals surface area contributed by atoms with Crippen LogP contribution in [0.1, 0.15) is 41.6 Å². The maximum Gasteiger partial charge on any atom is 0.240 e. The largest absolute Gasteiger partial charge is 0.392 e. The van der Waals surface area contributed by atoms with Crippen LogP contribution in [0.25, 0.3) is 0 Å². The van der Waals surface area contributed by atoms with Crippen molar-refractivity contribution >= 4 is 15.9 Å². The molecule has 4 unspecified atom stereocenters. The minimum atomic E-state index is -3.80. The predicted molar refractivity (Wildman–Crippen MR) is 142 cm³/mol. The van der Waals surface area contributed by atoms with E-state index in [1.54, 1.807) is 24.3 Å². The van der Waals surface area contributed by atoms with Crippen molar-refractivity contribution < 1.29 is 23.4 Å². The molecule has 3 aromatic carbocycles. The molecule has 4 N–H and O–H groups in total. The van der Waals surface area contributed by atoms with Crippen LogP contribution in [0.3, 0.4) is 0 Å². The van der Waals surface area contributed by atoms with Crippen LogP contribution >= 0.6 is 0 Å². The van der Waals surface area contributed by atoms with Crippen molar-refractivity contribution in [1.82, 2.24) is 10.0 Å². The lowest BCUT2D eigenvalue weighted by Gasteiger charge is -2.24. The molecule has 3 aromatic rings. The van der Waals surface area contributed by atoms with E-state index in [-0.39, 0.29) is 23.8 Å². The highest BCUT2D eigenvalue weighted by molar-refractivity contribution is 7.89. The smallest absolute Gasteiger partial charge is 0.240 e. The van der Waals surface area contributed by atoms with Gasteiger partial charge in [-0.15, -0.1) is 0 Å². The first kappa shape index (κ1) is 27.0. The van der Waals surface area contributed by atoms with Gasteiger partial charge in [-0.25, -0.2) is 13.1 Å². The molecule has 1 aliphatic rings. The van der Waals surface area contributed by atoms with Gasteiger partial charge < -0.3 is 15.5 Å². The van der Waals surface area contributed by atoms with Crippen molar-refractivity contribution in [1.29, 1.82) is 0 Å². The number of nitrogens with one attached hydrogen (secondary N) is 2. The molecule has 0 aromatic heterocycles. The van der Waals surface area contributed by atoms with E-state index in [0.717, 1.165) is 28.7 Å². The Morgan fingerprint density at radius 3 is 2.35 bits per heavy atom. The van der Waals surface area contributed by atoms with Crippen LogP contribution in [0.15, 0.2) is 83.8 Å². The number of benzene rings is 3. The molecule has 0 aliphatic heterocycles. The third-order valence-corrected chi connectivity index (χ3v) is 8.34. The van der Waals surface area contributed by atoms with E-state index in [4.69, 9.17) is 0 Å². The molecular weight excluding hydrogens is 488 g/mol. The van der Waals surface area contributed by atoms with Crippen LogP contribution in [0, 0.1) is 5.92 Å². The molecule has 0 heterocycles. The average molecular weight is 523 g/mol. The summed E-state index contributed by atoms with van der Waals surface area (Å²) in [5, 5.41) is 24.3. The van der Waals surface area contributed by atoms with Gasteiger partial charge in [0.1, 0.15) is 0 Å². The van der Waals surface area contributed by atoms with Crippen molar-refractivity contribution in [3.63, 3.8) is 0 Å². The first-order chi connectivity index (χ1) is 17.8. The Morgan fingerprint density at radius 2 is 1.65 bits per heavy atom. The standard InChI is InChI=1S/C29H34N2O5S/c1-2-20-12-14-25(15-13-20)37(35,36)30-19-24(32)17-23(16-21-8-4-3-5-9-21)29(34)31-28-26-11-7-6-10-22(26)18-27(28)33/h3-15,23-24,27-28,30,32-33H,2,16-19H2,1H3,(H,31,34). The second kappa shape index (κ2) is 12.0. The Bertz CT molecular complexity index is 1300. The van der Waals surface area contributed by atoms with E-state index in [2.05, 4.69) is 10.0 Å². The zero-order valence-electron chi connectivity index (χ0n) is 20.9. The molecule has 0 saturated carbocycles. The van der Waals surface area contributed by atoms with Crippen molar-refractivity contribution in [2.75, 3.05) is 6.54 Å². The number of aliphatic hydroxyl groups is 2. The normalized spacial score (nSPS) is 18.7. The van der Waals surface area contributed by atoms with Crippen LogP contribution in [0.5, 0.6) is 0 Å². The number of aryl methyl sites for hydroxylation is 1. The Balaban J connectivity index is 1.44. The van der Waals surface area contributed by atoms with Gasteiger partial charge in [0.2, 0.25) is 15.9 Å². The Kier molecular flexibility index (Phi) is 8.76. The molecule has 0 spiro atoms. The fraction of sp³-hybridized carbons (Fsp3) is 0.345. The molecule has 4 atom stereocenters. The van der Waals surface area contributed by atoms with Gasteiger partial charge in [-0.3, -0.25) is 4.79 Å². The van der Waals surface area contributed by atoms with Gasteiger partial charge in [0.25, 0.3) is 0 Å².